The van der Waals surface area contributed by atoms with Gasteiger partial charge in [0.05, 0.1) is 7.11 Å². The van der Waals surface area contributed by atoms with E-state index in [1.807, 2.05) is 0 Å². The zero-order chi connectivity index (χ0) is 13.8. The van der Waals surface area contributed by atoms with E-state index in [2.05, 4.69) is 0 Å². The summed E-state index contributed by atoms with van der Waals surface area (Å²) < 4.78 is 10.6. The number of ether oxygens (including phenoxy) is 2. The minimum atomic E-state index is -0.0518. The summed E-state index contributed by atoms with van der Waals surface area (Å²) in [4.78, 5) is 24.2. The van der Waals surface area contributed by atoms with Crippen LogP contribution in [0.1, 0.15) is 23.2 Å². The van der Waals surface area contributed by atoms with Crippen molar-refractivity contribution < 1.29 is 19.1 Å². The van der Waals surface area contributed by atoms with Crippen LogP contribution in [0.25, 0.3) is 0 Å². The Labute approximate surface area is 112 Å². The largest absolute Gasteiger partial charge is 0.493 e. The van der Waals surface area contributed by atoms with Gasteiger partial charge in [0.1, 0.15) is 6.29 Å². The van der Waals surface area contributed by atoms with Gasteiger partial charge in [-0.05, 0) is 31.0 Å². The third-order valence-corrected chi connectivity index (χ3v) is 3.16. The number of methoxy groups -OCH3 is 1. The molecule has 5 nitrogen and oxygen atoms in total. The molecule has 2 rings (SSSR count). The lowest BCUT2D eigenvalue weighted by Gasteiger charge is -2.17. The third-order valence-electron chi connectivity index (χ3n) is 3.16. The maximum atomic E-state index is 11.8. The average Bonchev–Trinajstić information content (AvgIpc) is 3.28. The topological polar surface area (TPSA) is 55.8 Å². The first-order valence-electron chi connectivity index (χ1n) is 6.17. The molecule has 1 amide bonds. The van der Waals surface area contributed by atoms with Gasteiger partial charge >= 0.3 is 0 Å². The van der Waals surface area contributed by atoms with Crippen molar-refractivity contribution in [2.45, 2.75) is 18.9 Å². The molecule has 1 fully saturated rings. The summed E-state index contributed by atoms with van der Waals surface area (Å²) in [6, 6.07) is 5.21. The molecule has 1 aliphatic rings. The molecule has 0 spiro atoms. The molecule has 1 aliphatic carbocycles. The molecule has 1 aromatic carbocycles. The number of benzene rings is 1. The number of hydrogen-bond donors (Lipinski definition) is 0. The molecule has 1 saturated carbocycles. The SMILES string of the molecule is COc1cc(C=O)ccc1OCC(=O)N(C)C1CC1. The number of rotatable bonds is 6. The van der Waals surface area contributed by atoms with E-state index in [4.69, 9.17) is 9.47 Å². The van der Waals surface area contributed by atoms with E-state index in [0.717, 1.165) is 19.1 Å². The fourth-order valence-corrected chi connectivity index (χ4v) is 1.78. The van der Waals surface area contributed by atoms with Gasteiger partial charge in [0.2, 0.25) is 0 Å². The zero-order valence-electron chi connectivity index (χ0n) is 11.1. The molecule has 0 unspecified atom stereocenters. The van der Waals surface area contributed by atoms with E-state index in [9.17, 15) is 9.59 Å². The number of carbonyl (C=O) groups is 2. The predicted molar refractivity (Wildman–Crippen MR) is 69.7 cm³/mol. The van der Waals surface area contributed by atoms with Crippen LogP contribution in [0.3, 0.4) is 0 Å². The van der Waals surface area contributed by atoms with Crippen LogP contribution in [-0.4, -0.2) is 43.9 Å². The Bertz CT molecular complexity index is 482. The maximum Gasteiger partial charge on any atom is 0.260 e. The Morgan fingerprint density at radius 1 is 1.42 bits per heavy atom. The van der Waals surface area contributed by atoms with Crippen LogP contribution in [0.15, 0.2) is 18.2 Å². The Balaban J connectivity index is 1.98. The summed E-state index contributed by atoms with van der Waals surface area (Å²) in [5.41, 5.74) is 0.505. The first-order chi connectivity index (χ1) is 9.15. The molecule has 1 aromatic rings. The highest BCUT2D eigenvalue weighted by Crippen LogP contribution is 2.28. The number of hydrogen-bond acceptors (Lipinski definition) is 4. The molecular formula is C14H17NO4. The molecule has 0 aromatic heterocycles. The first-order valence-corrected chi connectivity index (χ1v) is 6.17. The second kappa shape index (κ2) is 5.73. The van der Waals surface area contributed by atoms with E-state index in [0.29, 0.717) is 23.1 Å². The van der Waals surface area contributed by atoms with Crippen molar-refractivity contribution in [1.82, 2.24) is 4.90 Å². The monoisotopic (exact) mass is 263 g/mol. The molecule has 5 heteroatoms. The van der Waals surface area contributed by atoms with Crippen molar-refractivity contribution in [2.75, 3.05) is 20.8 Å². The summed E-state index contributed by atoms with van der Waals surface area (Å²) in [6.45, 7) is -0.0240. The minimum absolute atomic E-state index is 0.0240. The van der Waals surface area contributed by atoms with Crippen LogP contribution in [0.2, 0.25) is 0 Å². The molecule has 0 aliphatic heterocycles. The number of aldehydes is 1. The lowest BCUT2D eigenvalue weighted by molar-refractivity contribution is -0.132. The molecule has 0 N–H and O–H groups in total. The standard InChI is InChI=1S/C14H17NO4/c1-15(11-4-5-11)14(17)9-19-12-6-3-10(8-16)7-13(12)18-2/h3,6-8,11H,4-5,9H2,1-2H3. The van der Waals surface area contributed by atoms with Gasteiger partial charge in [0.15, 0.2) is 18.1 Å². The van der Waals surface area contributed by atoms with Gasteiger partial charge in [0.25, 0.3) is 5.91 Å². The van der Waals surface area contributed by atoms with E-state index in [-0.39, 0.29) is 12.5 Å². The smallest absolute Gasteiger partial charge is 0.260 e. The fraction of sp³-hybridized carbons (Fsp3) is 0.429. The summed E-state index contributed by atoms with van der Waals surface area (Å²) >= 11 is 0. The second-order valence-corrected chi connectivity index (χ2v) is 4.55. The molecule has 19 heavy (non-hydrogen) atoms. The van der Waals surface area contributed by atoms with Crippen molar-refractivity contribution in [3.05, 3.63) is 23.8 Å². The van der Waals surface area contributed by atoms with Crippen LogP contribution in [0, 0.1) is 0 Å². The number of carbonyl (C=O) groups excluding carboxylic acids is 2. The van der Waals surface area contributed by atoms with Crippen LogP contribution in [0.4, 0.5) is 0 Å². The van der Waals surface area contributed by atoms with E-state index >= 15 is 0 Å². The average molecular weight is 263 g/mol. The highest BCUT2D eigenvalue weighted by Gasteiger charge is 2.29. The second-order valence-electron chi connectivity index (χ2n) is 4.55. The van der Waals surface area contributed by atoms with Gasteiger partial charge in [-0.1, -0.05) is 0 Å². The van der Waals surface area contributed by atoms with Crippen molar-refractivity contribution in [3.63, 3.8) is 0 Å². The molecule has 0 bridgehead atoms. The highest BCUT2D eigenvalue weighted by molar-refractivity contribution is 5.79. The fourth-order valence-electron chi connectivity index (χ4n) is 1.78. The Hall–Kier alpha value is -2.04. The summed E-state index contributed by atoms with van der Waals surface area (Å²) in [5.74, 6) is 0.862. The van der Waals surface area contributed by atoms with Gasteiger partial charge in [-0.2, -0.15) is 0 Å². The molecule has 0 radical (unpaired) electrons. The molecule has 0 atom stereocenters. The van der Waals surface area contributed by atoms with Crippen LogP contribution >= 0.6 is 0 Å². The van der Waals surface area contributed by atoms with Crippen molar-refractivity contribution >= 4 is 12.2 Å². The molecule has 0 heterocycles. The molecule has 102 valence electrons. The quantitative estimate of drug-likeness (QED) is 0.730. The Morgan fingerprint density at radius 2 is 2.16 bits per heavy atom. The molecule has 0 saturated heterocycles. The maximum absolute atomic E-state index is 11.8. The summed E-state index contributed by atoms with van der Waals surface area (Å²) in [7, 11) is 3.28. The van der Waals surface area contributed by atoms with Crippen molar-refractivity contribution in [3.8, 4) is 11.5 Å². The van der Waals surface area contributed by atoms with Crippen molar-refractivity contribution in [2.24, 2.45) is 0 Å². The highest BCUT2D eigenvalue weighted by atomic mass is 16.5. The van der Waals surface area contributed by atoms with Gasteiger partial charge in [-0.25, -0.2) is 0 Å². The Morgan fingerprint density at radius 3 is 2.74 bits per heavy atom. The van der Waals surface area contributed by atoms with E-state index in [1.54, 1.807) is 30.1 Å². The van der Waals surface area contributed by atoms with Gasteiger partial charge in [0, 0.05) is 18.7 Å². The lowest BCUT2D eigenvalue weighted by Crippen LogP contribution is -2.33. The number of nitrogens with zero attached hydrogens (tertiary/aromatic N) is 1. The van der Waals surface area contributed by atoms with Crippen molar-refractivity contribution in [1.29, 1.82) is 0 Å². The first kappa shape index (κ1) is 13.4. The van der Waals surface area contributed by atoms with Crippen LogP contribution in [0.5, 0.6) is 11.5 Å². The van der Waals surface area contributed by atoms with Gasteiger partial charge in [-0.3, -0.25) is 9.59 Å². The Kier molecular flexibility index (Phi) is 4.04. The lowest BCUT2D eigenvalue weighted by atomic mass is 10.2. The van der Waals surface area contributed by atoms with Gasteiger partial charge in [-0.15, -0.1) is 0 Å². The minimum Gasteiger partial charge on any atom is -0.493 e. The summed E-state index contributed by atoms with van der Waals surface area (Å²) in [5, 5.41) is 0. The number of amides is 1. The summed E-state index contributed by atoms with van der Waals surface area (Å²) in [6.07, 6.45) is 2.87. The van der Waals surface area contributed by atoms with Crippen LogP contribution < -0.4 is 9.47 Å². The third kappa shape index (κ3) is 3.24. The normalized spacial score (nSPS) is 13.8. The van der Waals surface area contributed by atoms with Crippen LogP contribution in [-0.2, 0) is 4.79 Å². The predicted octanol–water partition coefficient (Wildman–Crippen LogP) is 1.51. The zero-order valence-corrected chi connectivity index (χ0v) is 11.1. The van der Waals surface area contributed by atoms with E-state index in [1.165, 1.54) is 7.11 Å². The number of likely N-dealkylation sites (N-methyl/N-ethyl adjacent to an activating group) is 1. The van der Waals surface area contributed by atoms with Gasteiger partial charge < -0.3 is 14.4 Å². The van der Waals surface area contributed by atoms with E-state index < -0.39 is 0 Å². The molecular weight excluding hydrogens is 246 g/mol.